The summed E-state index contributed by atoms with van der Waals surface area (Å²) in [5, 5.41) is 8.20. The van der Waals surface area contributed by atoms with Crippen molar-refractivity contribution in [3.05, 3.63) is 95.8 Å². The number of nitrogens with one attached hydrogen (secondary N) is 1. The maximum absolute atomic E-state index is 13.8. The first-order chi connectivity index (χ1) is 34.1. The van der Waals surface area contributed by atoms with E-state index in [4.69, 9.17) is 20.6 Å². The van der Waals surface area contributed by atoms with E-state index < -0.39 is 23.8 Å². The lowest BCUT2D eigenvalue weighted by atomic mass is 9.88. The van der Waals surface area contributed by atoms with Gasteiger partial charge in [0.05, 0.1) is 22.6 Å². The van der Waals surface area contributed by atoms with Crippen LogP contribution in [0.1, 0.15) is 89.6 Å². The lowest BCUT2D eigenvalue weighted by molar-refractivity contribution is -0.136. The highest BCUT2D eigenvalue weighted by Crippen LogP contribution is 2.37. The van der Waals surface area contributed by atoms with Crippen LogP contribution in [-0.4, -0.2) is 169 Å². The number of likely N-dealkylation sites (tertiary alicyclic amines) is 3. The van der Waals surface area contributed by atoms with Crippen LogP contribution in [0.15, 0.2) is 79.1 Å². The zero-order valence-corrected chi connectivity index (χ0v) is 39.5. The third-order valence-electron chi connectivity index (χ3n) is 15.5. The highest BCUT2D eigenvalue weighted by Gasteiger charge is 2.45. The molecule has 3 aromatic carbocycles. The third-order valence-corrected chi connectivity index (χ3v) is 15.5. The molecule has 6 amide bonds. The number of benzene rings is 3. The number of aromatic nitrogens is 4. The second kappa shape index (κ2) is 19.6. The number of hydrogen-bond donors (Lipinski definition) is 2. The zero-order chi connectivity index (χ0) is 47.9. The fourth-order valence-corrected chi connectivity index (χ4v) is 11.6. The van der Waals surface area contributed by atoms with E-state index in [9.17, 15) is 24.0 Å². The van der Waals surface area contributed by atoms with Crippen molar-refractivity contribution in [2.45, 2.75) is 75.4 Å². The standard InChI is InChI=1S/C52H60N12O6/c53-47-45-46(35-8-11-40(12-9-35)70-39-6-2-1-3-7-39)57-64(48(45)55-33-54-47)38-5-4-20-62(32-38)37-18-23-60(24-19-37)52(69)61-29-27-59(28-30-61)26-25-58-21-16-34(17-22-58)36-10-13-41-42(31-36)51(68)63(50(41)67)43-14-15-44(65)56-49(43)66/h1-3,6-13,31,33-34,37-38,43H,4-5,14-30,32H2,(H2,53,54,55)(H,56,65,66)/t38-,43?/m1/s1. The Hall–Kier alpha value is -6.76. The first-order valence-electron chi connectivity index (χ1n) is 25.1. The highest BCUT2D eigenvalue weighted by atomic mass is 16.5. The second-order valence-corrected chi connectivity index (χ2v) is 19.7. The Morgan fingerprint density at radius 2 is 1.40 bits per heavy atom. The summed E-state index contributed by atoms with van der Waals surface area (Å²) in [6.45, 7) is 10.4. The average molecular weight is 949 g/mol. The van der Waals surface area contributed by atoms with Crippen LogP contribution in [-0.2, 0) is 9.59 Å². The minimum Gasteiger partial charge on any atom is -0.457 e. The third kappa shape index (κ3) is 9.10. The molecule has 70 heavy (non-hydrogen) atoms. The Morgan fingerprint density at radius 1 is 0.700 bits per heavy atom. The van der Waals surface area contributed by atoms with Crippen molar-refractivity contribution in [3.63, 3.8) is 0 Å². The molecule has 2 aromatic heterocycles. The maximum atomic E-state index is 13.8. The summed E-state index contributed by atoms with van der Waals surface area (Å²) >= 11 is 0. The van der Waals surface area contributed by atoms with Crippen LogP contribution in [0.4, 0.5) is 10.6 Å². The number of urea groups is 1. The number of carbonyl (C=O) groups excluding carboxylic acids is 5. The van der Waals surface area contributed by atoms with Crippen LogP contribution in [0.5, 0.6) is 11.5 Å². The number of imide groups is 2. The average Bonchev–Trinajstić information content (AvgIpc) is 3.91. The molecule has 11 rings (SSSR count). The molecular formula is C52H60N12O6. The number of nitrogen functional groups attached to an aromatic ring is 1. The van der Waals surface area contributed by atoms with Crippen molar-refractivity contribution in [2.24, 2.45) is 0 Å². The van der Waals surface area contributed by atoms with E-state index in [2.05, 4.69) is 34.6 Å². The molecule has 2 atom stereocenters. The van der Waals surface area contributed by atoms with Gasteiger partial charge in [-0.15, -0.1) is 0 Å². The van der Waals surface area contributed by atoms with Crippen LogP contribution in [0.3, 0.4) is 0 Å². The normalized spacial score (nSPS) is 22.5. The molecule has 0 radical (unpaired) electrons. The van der Waals surface area contributed by atoms with Gasteiger partial charge in [-0.3, -0.25) is 39.2 Å². The summed E-state index contributed by atoms with van der Waals surface area (Å²) < 4.78 is 8.11. The van der Waals surface area contributed by atoms with Gasteiger partial charge in [0.2, 0.25) is 11.8 Å². The Kier molecular flexibility index (Phi) is 12.8. The molecule has 6 aliphatic heterocycles. The van der Waals surface area contributed by atoms with Gasteiger partial charge >= 0.3 is 6.03 Å². The number of hydrogen-bond acceptors (Lipinski definition) is 13. The number of amides is 6. The Balaban J connectivity index is 0.625. The van der Waals surface area contributed by atoms with Gasteiger partial charge in [0.15, 0.2) is 5.65 Å². The topological polar surface area (TPSA) is 196 Å². The molecule has 0 saturated carbocycles. The predicted molar refractivity (Wildman–Crippen MR) is 261 cm³/mol. The van der Waals surface area contributed by atoms with Crippen molar-refractivity contribution in [1.82, 2.24) is 54.5 Å². The molecule has 0 aliphatic carbocycles. The summed E-state index contributed by atoms with van der Waals surface area (Å²) in [5.74, 6) is 0.277. The van der Waals surface area contributed by atoms with Crippen LogP contribution in [0.25, 0.3) is 22.3 Å². The fraction of sp³-hybridized carbons (Fsp3) is 0.462. The molecule has 18 nitrogen and oxygen atoms in total. The lowest BCUT2D eigenvalue weighted by Crippen LogP contribution is -2.56. The van der Waals surface area contributed by atoms with Crippen molar-refractivity contribution >= 4 is 46.5 Å². The Morgan fingerprint density at radius 3 is 2.14 bits per heavy atom. The van der Waals surface area contributed by atoms with E-state index in [1.165, 1.54) is 6.33 Å². The number of fused-ring (bicyclic) bond motifs is 2. The van der Waals surface area contributed by atoms with Crippen molar-refractivity contribution in [2.75, 3.05) is 84.3 Å². The fourth-order valence-electron chi connectivity index (χ4n) is 11.6. The number of piperazine rings is 1. The maximum Gasteiger partial charge on any atom is 0.320 e. The van der Waals surface area contributed by atoms with Crippen LogP contribution in [0.2, 0.25) is 0 Å². The lowest BCUT2D eigenvalue weighted by Gasteiger charge is -2.44. The number of nitrogens with zero attached hydrogens (tertiary/aromatic N) is 10. The van der Waals surface area contributed by atoms with Gasteiger partial charge in [0, 0.05) is 76.9 Å². The summed E-state index contributed by atoms with van der Waals surface area (Å²) in [6.07, 6.45) is 7.59. The van der Waals surface area contributed by atoms with Crippen LogP contribution >= 0.6 is 0 Å². The molecule has 8 heterocycles. The van der Waals surface area contributed by atoms with Gasteiger partial charge in [-0.05, 0) is 125 Å². The monoisotopic (exact) mass is 948 g/mol. The van der Waals surface area contributed by atoms with Crippen molar-refractivity contribution < 1.29 is 28.7 Å². The van der Waals surface area contributed by atoms with Gasteiger partial charge in [0.1, 0.15) is 35.4 Å². The predicted octanol–water partition coefficient (Wildman–Crippen LogP) is 4.99. The smallest absolute Gasteiger partial charge is 0.320 e. The van der Waals surface area contributed by atoms with E-state index in [-0.39, 0.29) is 36.7 Å². The number of rotatable bonds is 10. The largest absolute Gasteiger partial charge is 0.457 e. The molecule has 364 valence electrons. The minimum absolute atomic E-state index is 0.0971. The van der Waals surface area contributed by atoms with Crippen molar-refractivity contribution in [1.29, 1.82) is 0 Å². The van der Waals surface area contributed by atoms with Gasteiger partial charge in [0.25, 0.3) is 11.8 Å². The van der Waals surface area contributed by atoms with Gasteiger partial charge in [-0.1, -0.05) is 24.3 Å². The number of carbonyl (C=O) groups is 5. The van der Waals surface area contributed by atoms with Crippen LogP contribution < -0.4 is 15.8 Å². The quantitative estimate of drug-likeness (QED) is 0.178. The van der Waals surface area contributed by atoms with E-state index >= 15 is 0 Å². The van der Waals surface area contributed by atoms with E-state index in [1.54, 1.807) is 6.07 Å². The van der Waals surface area contributed by atoms with E-state index in [1.807, 2.05) is 71.6 Å². The summed E-state index contributed by atoms with van der Waals surface area (Å²) in [5.41, 5.74) is 10.6. The number of anilines is 1. The molecule has 1 unspecified atom stereocenters. The first-order valence-corrected chi connectivity index (χ1v) is 25.1. The van der Waals surface area contributed by atoms with Crippen LogP contribution in [0, 0.1) is 0 Å². The molecule has 5 saturated heterocycles. The number of nitrogens with two attached hydrogens (primary N) is 1. The zero-order valence-electron chi connectivity index (χ0n) is 39.5. The molecular weight excluding hydrogens is 889 g/mol. The van der Waals surface area contributed by atoms with Crippen molar-refractivity contribution in [3.8, 4) is 22.8 Å². The minimum atomic E-state index is -0.965. The second-order valence-electron chi connectivity index (χ2n) is 19.7. The SMILES string of the molecule is Nc1ncnc2c1c(-c1ccc(Oc3ccccc3)cc1)nn2[C@@H]1CCCN(C2CCN(C(=O)N3CCN(CCN4CCC(c5ccc6c(c5)C(=O)N(C5CCC(=O)NC5=O)C6=O)CC4)CC3)CC2)C1. The van der Waals surface area contributed by atoms with E-state index in [0.717, 1.165) is 161 Å². The van der Waals surface area contributed by atoms with Gasteiger partial charge < -0.3 is 25.2 Å². The molecule has 0 spiro atoms. The molecule has 5 aromatic rings. The Bertz CT molecular complexity index is 2780. The Labute approximate surface area is 406 Å². The summed E-state index contributed by atoms with van der Waals surface area (Å²) in [4.78, 5) is 86.3. The molecule has 6 aliphatic rings. The molecule has 0 bridgehead atoms. The molecule has 5 fully saturated rings. The number of piperidine rings is 4. The molecule has 3 N–H and O–H groups in total. The number of para-hydroxylation sites is 1. The molecule has 18 heteroatoms. The van der Waals surface area contributed by atoms with Gasteiger partial charge in [-0.2, -0.15) is 5.10 Å². The van der Waals surface area contributed by atoms with Gasteiger partial charge in [-0.25, -0.2) is 19.4 Å². The highest BCUT2D eigenvalue weighted by molar-refractivity contribution is 6.23. The summed E-state index contributed by atoms with van der Waals surface area (Å²) in [6, 6.07) is 22.8. The first kappa shape index (κ1) is 45.7. The van der Waals surface area contributed by atoms with E-state index in [0.29, 0.717) is 23.0 Å². The number of ether oxygens (including phenoxy) is 1. The summed E-state index contributed by atoms with van der Waals surface area (Å²) in [7, 11) is 0.